The maximum atomic E-state index is 16.0. The molecular weight excluding hydrogens is 451 g/mol. The number of benzene rings is 1. The number of hydrogen-bond donors (Lipinski definition) is 0. The van der Waals surface area contributed by atoms with Gasteiger partial charge in [0, 0.05) is 36.8 Å². The fourth-order valence-electron chi connectivity index (χ4n) is 4.14. The summed E-state index contributed by atoms with van der Waals surface area (Å²) in [5.74, 6) is 0.629. The van der Waals surface area contributed by atoms with E-state index in [0.29, 0.717) is 60.2 Å². The Morgan fingerprint density at radius 2 is 1.71 bits per heavy atom. The molecule has 0 aliphatic carbocycles. The van der Waals surface area contributed by atoms with E-state index >= 15 is 4.39 Å². The number of carbonyl (C=O) groups is 1. The van der Waals surface area contributed by atoms with Crippen LogP contribution in [0.25, 0.3) is 16.9 Å². The molecule has 1 saturated heterocycles. The zero-order valence-corrected chi connectivity index (χ0v) is 20.7. The van der Waals surface area contributed by atoms with Gasteiger partial charge in [0.15, 0.2) is 5.82 Å². The summed E-state index contributed by atoms with van der Waals surface area (Å²) in [5, 5.41) is 4.71. The van der Waals surface area contributed by atoms with Crippen LogP contribution in [-0.2, 0) is 4.74 Å². The molecule has 0 bridgehead atoms. The summed E-state index contributed by atoms with van der Waals surface area (Å²) in [6.07, 6.45) is 2.42. The van der Waals surface area contributed by atoms with Crippen molar-refractivity contribution in [3.05, 3.63) is 54.1 Å². The van der Waals surface area contributed by atoms with Crippen LogP contribution in [0.1, 0.15) is 45.2 Å². The molecule has 1 amide bonds. The Bertz CT molecular complexity index is 1160. The molecule has 0 spiro atoms. The third-order valence-corrected chi connectivity index (χ3v) is 5.92. The van der Waals surface area contributed by atoms with Gasteiger partial charge in [-0.3, -0.25) is 0 Å². The van der Waals surface area contributed by atoms with E-state index in [4.69, 9.17) is 19.3 Å². The van der Waals surface area contributed by atoms with Crippen molar-refractivity contribution in [2.75, 3.05) is 27.3 Å². The van der Waals surface area contributed by atoms with Crippen LogP contribution in [0.15, 0.2) is 42.6 Å². The van der Waals surface area contributed by atoms with Gasteiger partial charge in [0.05, 0.1) is 19.9 Å². The highest BCUT2D eigenvalue weighted by molar-refractivity contribution is 5.68. The van der Waals surface area contributed by atoms with Crippen molar-refractivity contribution < 1.29 is 23.4 Å². The van der Waals surface area contributed by atoms with Crippen LogP contribution in [0, 0.1) is 5.82 Å². The first-order valence-electron chi connectivity index (χ1n) is 11.6. The van der Waals surface area contributed by atoms with Gasteiger partial charge in [-0.25, -0.2) is 18.9 Å². The molecule has 3 aromatic rings. The monoisotopic (exact) mass is 482 g/mol. The van der Waals surface area contributed by atoms with Gasteiger partial charge in [-0.2, -0.15) is 5.10 Å². The van der Waals surface area contributed by atoms with Crippen molar-refractivity contribution in [1.82, 2.24) is 19.7 Å². The summed E-state index contributed by atoms with van der Waals surface area (Å²) < 4.78 is 33.5. The Balaban J connectivity index is 1.65. The maximum Gasteiger partial charge on any atom is 0.410 e. The second kappa shape index (κ2) is 9.93. The van der Waals surface area contributed by atoms with Gasteiger partial charge in [0.2, 0.25) is 5.88 Å². The molecule has 0 radical (unpaired) electrons. The fourth-order valence-corrected chi connectivity index (χ4v) is 4.14. The van der Waals surface area contributed by atoms with Gasteiger partial charge >= 0.3 is 6.09 Å². The topological polar surface area (TPSA) is 78.7 Å². The second-order valence-electron chi connectivity index (χ2n) is 9.49. The van der Waals surface area contributed by atoms with Crippen LogP contribution in [-0.4, -0.2) is 58.7 Å². The van der Waals surface area contributed by atoms with E-state index in [-0.39, 0.29) is 17.8 Å². The molecule has 0 atom stereocenters. The Morgan fingerprint density at radius 1 is 1.03 bits per heavy atom. The lowest BCUT2D eigenvalue weighted by atomic mass is 9.93. The van der Waals surface area contributed by atoms with Gasteiger partial charge in [-0.1, -0.05) is 0 Å². The van der Waals surface area contributed by atoms with Gasteiger partial charge in [0.1, 0.15) is 22.7 Å². The number of likely N-dealkylation sites (tertiary alicyclic amines) is 1. The number of ether oxygens (including phenoxy) is 3. The first kappa shape index (κ1) is 24.5. The molecule has 1 aromatic carbocycles. The Labute approximate surface area is 204 Å². The van der Waals surface area contributed by atoms with E-state index in [9.17, 15) is 4.79 Å². The third-order valence-electron chi connectivity index (χ3n) is 5.92. The Hall–Kier alpha value is -3.62. The molecule has 0 N–H and O–H groups in total. The van der Waals surface area contributed by atoms with Crippen molar-refractivity contribution in [2.24, 2.45) is 0 Å². The Morgan fingerprint density at radius 3 is 2.26 bits per heavy atom. The Kier molecular flexibility index (Phi) is 6.95. The molecule has 1 aliphatic rings. The molecule has 3 heterocycles. The SMILES string of the molecule is COc1ccc(-n2nc(C3CCN(C(=O)OC(C)(C)C)CC3)c(F)c2-c2ccc(OC)nc2)cc1. The summed E-state index contributed by atoms with van der Waals surface area (Å²) in [4.78, 5) is 18.4. The van der Waals surface area contributed by atoms with Crippen LogP contribution >= 0.6 is 0 Å². The number of carbonyl (C=O) groups excluding carboxylic acids is 1. The van der Waals surface area contributed by atoms with Crippen LogP contribution in [0.4, 0.5) is 9.18 Å². The minimum atomic E-state index is -0.557. The van der Waals surface area contributed by atoms with Gasteiger partial charge in [-0.15, -0.1) is 0 Å². The standard InChI is InChI=1S/C26H31FN4O4/c1-26(2,3)35-25(32)30-14-12-17(13-15-30)23-22(27)24(18-6-11-21(34-5)28-16-18)31(29-23)19-7-9-20(33-4)10-8-19/h6-11,16-17H,12-15H2,1-5H3. The van der Waals surface area contributed by atoms with Crippen LogP contribution < -0.4 is 9.47 Å². The quantitative estimate of drug-likeness (QED) is 0.497. The lowest BCUT2D eigenvalue weighted by molar-refractivity contribution is 0.0203. The summed E-state index contributed by atoms with van der Waals surface area (Å²) in [6, 6.07) is 10.7. The van der Waals surface area contributed by atoms with Gasteiger partial charge in [0.25, 0.3) is 0 Å². The summed E-state index contributed by atoms with van der Waals surface area (Å²) in [5.41, 5.74) is 1.45. The van der Waals surface area contributed by atoms with Crippen molar-refractivity contribution in [3.8, 4) is 28.6 Å². The minimum Gasteiger partial charge on any atom is -0.497 e. The van der Waals surface area contributed by atoms with Gasteiger partial charge < -0.3 is 19.1 Å². The molecule has 8 nitrogen and oxygen atoms in total. The van der Waals surface area contributed by atoms with E-state index in [2.05, 4.69) is 4.98 Å². The molecule has 186 valence electrons. The minimum absolute atomic E-state index is 0.127. The molecule has 9 heteroatoms. The van der Waals surface area contributed by atoms with Crippen LogP contribution in [0.5, 0.6) is 11.6 Å². The number of methoxy groups -OCH3 is 2. The molecule has 4 rings (SSSR count). The zero-order valence-electron chi connectivity index (χ0n) is 20.7. The first-order chi connectivity index (χ1) is 16.7. The largest absolute Gasteiger partial charge is 0.497 e. The molecule has 1 aliphatic heterocycles. The smallest absolute Gasteiger partial charge is 0.410 e. The van der Waals surface area contributed by atoms with Gasteiger partial charge in [-0.05, 0) is 63.9 Å². The van der Waals surface area contributed by atoms with E-state index in [1.165, 1.54) is 7.11 Å². The molecule has 2 aromatic heterocycles. The molecule has 1 fully saturated rings. The molecule has 0 unspecified atom stereocenters. The predicted octanol–water partition coefficient (Wildman–Crippen LogP) is 5.21. The normalized spacial score (nSPS) is 14.6. The highest BCUT2D eigenvalue weighted by atomic mass is 19.1. The number of piperidine rings is 1. The summed E-state index contributed by atoms with van der Waals surface area (Å²) in [7, 11) is 3.13. The summed E-state index contributed by atoms with van der Waals surface area (Å²) in [6.45, 7) is 6.48. The third kappa shape index (κ3) is 5.39. The highest BCUT2D eigenvalue weighted by Gasteiger charge is 2.32. The number of aromatic nitrogens is 3. The lowest BCUT2D eigenvalue weighted by Gasteiger charge is -2.32. The van der Waals surface area contributed by atoms with E-state index in [1.807, 2.05) is 45.0 Å². The number of rotatable bonds is 5. The zero-order chi connectivity index (χ0) is 25.2. The summed E-state index contributed by atoms with van der Waals surface area (Å²) >= 11 is 0. The van der Waals surface area contributed by atoms with Crippen molar-refractivity contribution in [1.29, 1.82) is 0 Å². The van der Waals surface area contributed by atoms with Crippen molar-refractivity contribution in [3.63, 3.8) is 0 Å². The maximum absolute atomic E-state index is 16.0. The molecular formula is C26H31FN4O4. The van der Waals surface area contributed by atoms with E-state index in [0.717, 1.165) is 0 Å². The first-order valence-corrected chi connectivity index (χ1v) is 11.6. The van der Waals surface area contributed by atoms with E-state index in [1.54, 1.807) is 35.0 Å². The second-order valence-corrected chi connectivity index (χ2v) is 9.49. The van der Waals surface area contributed by atoms with Crippen molar-refractivity contribution >= 4 is 6.09 Å². The highest BCUT2D eigenvalue weighted by Crippen LogP contribution is 2.36. The number of nitrogens with zero attached hydrogens (tertiary/aromatic N) is 4. The lowest BCUT2D eigenvalue weighted by Crippen LogP contribution is -2.41. The van der Waals surface area contributed by atoms with Crippen LogP contribution in [0.2, 0.25) is 0 Å². The van der Waals surface area contributed by atoms with E-state index < -0.39 is 5.60 Å². The fraction of sp³-hybridized carbons (Fsp3) is 0.423. The average molecular weight is 483 g/mol. The number of pyridine rings is 1. The molecule has 35 heavy (non-hydrogen) atoms. The number of halogens is 1. The number of amides is 1. The number of hydrogen-bond acceptors (Lipinski definition) is 6. The molecule has 0 saturated carbocycles. The van der Waals surface area contributed by atoms with Crippen molar-refractivity contribution in [2.45, 2.75) is 45.1 Å². The average Bonchev–Trinajstić information content (AvgIpc) is 3.20. The predicted molar refractivity (Wildman–Crippen MR) is 130 cm³/mol. The van der Waals surface area contributed by atoms with Crippen LogP contribution in [0.3, 0.4) is 0 Å².